The van der Waals surface area contributed by atoms with Crippen LogP contribution in [-0.2, 0) is 9.53 Å². The van der Waals surface area contributed by atoms with Gasteiger partial charge in [-0.15, -0.1) is 0 Å². The first-order valence-electron chi connectivity index (χ1n) is 10.5. The molecule has 1 aromatic carbocycles. The smallest absolute Gasteiger partial charge is 0.303 e. The third-order valence-electron chi connectivity index (χ3n) is 5.07. The molecule has 148 valence electrons. The summed E-state index contributed by atoms with van der Waals surface area (Å²) in [6, 6.07) is 8.28. The zero-order valence-electron chi connectivity index (χ0n) is 16.6. The minimum atomic E-state index is -0.742. The summed E-state index contributed by atoms with van der Waals surface area (Å²) in [5.41, 5.74) is 2.41. The number of hydrogen-bond donors (Lipinski definition) is 1. The predicted octanol–water partition coefficient (Wildman–Crippen LogP) is 6.92. The van der Waals surface area contributed by atoms with E-state index in [2.05, 4.69) is 43.4 Å². The van der Waals surface area contributed by atoms with Crippen molar-refractivity contribution in [2.24, 2.45) is 0 Å². The molecule has 0 saturated carbocycles. The van der Waals surface area contributed by atoms with Crippen molar-refractivity contribution in [2.75, 3.05) is 0 Å². The molecule has 0 spiro atoms. The molecule has 0 fully saturated rings. The van der Waals surface area contributed by atoms with Gasteiger partial charge in [-0.3, -0.25) is 4.79 Å². The Morgan fingerprint density at radius 1 is 1.04 bits per heavy atom. The highest BCUT2D eigenvalue weighted by Crippen LogP contribution is 2.42. The zero-order valence-corrected chi connectivity index (χ0v) is 16.6. The van der Waals surface area contributed by atoms with Gasteiger partial charge in [0.15, 0.2) is 0 Å². The Labute approximate surface area is 164 Å². The highest BCUT2D eigenvalue weighted by molar-refractivity contribution is 5.66. The van der Waals surface area contributed by atoms with Crippen LogP contribution in [0.1, 0.15) is 94.5 Å². The molecule has 0 bridgehead atoms. The maximum atomic E-state index is 10.7. The molecule has 2 atom stereocenters. The van der Waals surface area contributed by atoms with Crippen molar-refractivity contribution in [3.05, 3.63) is 59.7 Å². The average Bonchev–Trinajstić information content (AvgIpc) is 3.01. The fraction of sp³-hybridized carbons (Fsp3) is 0.542. The molecule has 0 amide bonds. The van der Waals surface area contributed by atoms with Gasteiger partial charge >= 0.3 is 5.97 Å². The van der Waals surface area contributed by atoms with Crippen LogP contribution in [0, 0.1) is 0 Å². The normalized spacial score (nSPS) is 19.1. The molecule has 0 aliphatic carbocycles. The van der Waals surface area contributed by atoms with Crippen molar-refractivity contribution >= 4 is 5.97 Å². The van der Waals surface area contributed by atoms with Gasteiger partial charge in [-0.2, -0.15) is 0 Å². The molecule has 1 N–H and O–H groups in total. The van der Waals surface area contributed by atoms with Gasteiger partial charge in [0.1, 0.15) is 6.10 Å². The van der Waals surface area contributed by atoms with Gasteiger partial charge in [-0.1, -0.05) is 87.6 Å². The number of rotatable bonds is 13. The first-order chi connectivity index (χ1) is 13.2. The Hall–Kier alpha value is -1.87. The van der Waals surface area contributed by atoms with Gasteiger partial charge in [0.2, 0.25) is 0 Å². The maximum Gasteiger partial charge on any atom is 0.303 e. The second kappa shape index (κ2) is 12.5. The van der Waals surface area contributed by atoms with E-state index in [9.17, 15) is 4.79 Å². The van der Waals surface area contributed by atoms with E-state index in [1.54, 1.807) is 0 Å². The Morgan fingerprint density at radius 3 is 2.56 bits per heavy atom. The first-order valence-corrected chi connectivity index (χ1v) is 10.5. The molecule has 3 nitrogen and oxygen atoms in total. The van der Waals surface area contributed by atoms with Crippen molar-refractivity contribution < 1.29 is 14.6 Å². The fourth-order valence-electron chi connectivity index (χ4n) is 3.58. The standard InChI is InChI=1S/C24H34O3/c1-2-3-4-5-6-7-8-9-10-11-17-22-20-15-12-13-16-21(20)23(27-22)18-14-19-24(25)26/h9-13,15-17,22-23H,2-8,14,18-19H2,1H3,(H,25,26)/b10-9+,17-11+. The quantitative estimate of drug-likeness (QED) is 0.303. The van der Waals surface area contributed by atoms with Crippen molar-refractivity contribution in [2.45, 2.75) is 83.3 Å². The third kappa shape index (κ3) is 7.72. The number of ether oxygens (including phenoxy) is 1. The molecule has 3 heteroatoms. The lowest BCUT2D eigenvalue weighted by atomic mass is 9.99. The van der Waals surface area contributed by atoms with E-state index in [1.165, 1.54) is 49.7 Å². The van der Waals surface area contributed by atoms with E-state index in [4.69, 9.17) is 9.84 Å². The summed E-state index contributed by atoms with van der Waals surface area (Å²) in [6.07, 6.45) is 19.2. The van der Waals surface area contributed by atoms with Gasteiger partial charge in [-0.25, -0.2) is 0 Å². The first kappa shape index (κ1) is 21.4. The number of carboxylic acid groups (broad SMARTS) is 1. The van der Waals surface area contributed by atoms with E-state index in [0.717, 1.165) is 12.8 Å². The van der Waals surface area contributed by atoms with Gasteiger partial charge < -0.3 is 9.84 Å². The number of allylic oxidation sites excluding steroid dienone is 3. The van der Waals surface area contributed by atoms with Crippen LogP contribution < -0.4 is 0 Å². The van der Waals surface area contributed by atoms with Crippen LogP contribution in [0.3, 0.4) is 0 Å². The summed E-state index contributed by atoms with van der Waals surface area (Å²) in [7, 11) is 0. The van der Waals surface area contributed by atoms with Gasteiger partial charge in [0.25, 0.3) is 0 Å². The summed E-state index contributed by atoms with van der Waals surface area (Å²) >= 11 is 0. The Balaban J connectivity index is 1.76. The molecule has 1 heterocycles. The van der Waals surface area contributed by atoms with Gasteiger partial charge in [0.05, 0.1) is 6.10 Å². The van der Waals surface area contributed by atoms with E-state index in [-0.39, 0.29) is 18.6 Å². The SMILES string of the molecule is CCCCCCCC/C=C/C=C/C1OC(CCCC(=O)O)c2ccccc21. The number of fused-ring (bicyclic) bond motifs is 1. The molecular formula is C24H34O3. The summed E-state index contributed by atoms with van der Waals surface area (Å²) in [6.45, 7) is 2.25. The number of carbonyl (C=O) groups is 1. The van der Waals surface area contributed by atoms with E-state index < -0.39 is 5.97 Å². The molecule has 1 aliphatic rings. The maximum absolute atomic E-state index is 10.7. The van der Waals surface area contributed by atoms with E-state index in [1.807, 2.05) is 12.1 Å². The van der Waals surface area contributed by atoms with E-state index in [0.29, 0.717) is 6.42 Å². The number of carboxylic acids is 1. The van der Waals surface area contributed by atoms with Crippen molar-refractivity contribution in [1.29, 1.82) is 0 Å². The topological polar surface area (TPSA) is 46.5 Å². The lowest BCUT2D eigenvalue weighted by Gasteiger charge is -2.11. The highest BCUT2D eigenvalue weighted by Gasteiger charge is 2.29. The lowest BCUT2D eigenvalue weighted by molar-refractivity contribution is -0.137. The Kier molecular flexibility index (Phi) is 9.93. The Bertz CT molecular complexity index is 618. The summed E-state index contributed by atoms with van der Waals surface area (Å²) in [5.74, 6) is -0.742. The fourth-order valence-corrected chi connectivity index (χ4v) is 3.58. The average molecular weight is 371 g/mol. The summed E-state index contributed by atoms with van der Waals surface area (Å²) in [5, 5.41) is 8.83. The zero-order chi connectivity index (χ0) is 19.3. The molecule has 0 aromatic heterocycles. The van der Waals surface area contributed by atoms with Crippen LogP contribution >= 0.6 is 0 Å². The second-order valence-electron chi connectivity index (χ2n) is 7.33. The minimum Gasteiger partial charge on any atom is -0.481 e. The van der Waals surface area contributed by atoms with E-state index >= 15 is 0 Å². The molecule has 27 heavy (non-hydrogen) atoms. The van der Waals surface area contributed by atoms with Crippen molar-refractivity contribution in [3.8, 4) is 0 Å². The van der Waals surface area contributed by atoms with Crippen molar-refractivity contribution in [1.82, 2.24) is 0 Å². The number of hydrogen-bond acceptors (Lipinski definition) is 2. The van der Waals surface area contributed by atoms with Crippen LogP contribution in [0.15, 0.2) is 48.6 Å². The van der Waals surface area contributed by atoms with Crippen LogP contribution in [0.2, 0.25) is 0 Å². The molecule has 2 rings (SSSR count). The summed E-state index contributed by atoms with van der Waals surface area (Å²) in [4.78, 5) is 10.7. The van der Waals surface area contributed by atoms with Crippen LogP contribution in [0.5, 0.6) is 0 Å². The van der Waals surface area contributed by atoms with Crippen LogP contribution in [0.4, 0.5) is 0 Å². The highest BCUT2D eigenvalue weighted by atomic mass is 16.5. The number of unbranched alkanes of at least 4 members (excludes halogenated alkanes) is 6. The van der Waals surface area contributed by atoms with Crippen molar-refractivity contribution in [3.63, 3.8) is 0 Å². The largest absolute Gasteiger partial charge is 0.481 e. The third-order valence-corrected chi connectivity index (χ3v) is 5.07. The number of benzene rings is 1. The summed E-state index contributed by atoms with van der Waals surface area (Å²) < 4.78 is 6.18. The predicted molar refractivity (Wildman–Crippen MR) is 111 cm³/mol. The van der Waals surface area contributed by atoms with Crippen LogP contribution in [-0.4, -0.2) is 11.1 Å². The number of aliphatic carboxylic acids is 1. The molecule has 1 aromatic rings. The molecule has 0 radical (unpaired) electrons. The van der Waals surface area contributed by atoms with Crippen LogP contribution in [0.25, 0.3) is 0 Å². The molecule has 2 unspecified atom stereocenters. The lowest BCUT2D eigenvalue weighted by Crippen LogP contribution is -2.00. The monoisotopic (exact) mass is 370 g/mol. The molecule has 0 saturated heterocycles. The van der Waals surface area contributed by atoms with Gasteiger partial charge in [0, 0.05) is 6.42 Å². The van der Waals surface area contributed by atoms with Gasteiger partial charge in [-0.05, 0) is 36.8 Å². The minimum absolute atomic E-state index is 0.00213. The molecule has 1 aliphatic heterocycles. The Morgan fingerprint density at radius 2 is 1.78 bits per heavy atom. The molecular weight excluding hydrogens is 336 g/mol. The second-order valence-corrected chi connectivity index (χ2v) is 7.33.